The van der Waals surface area contributed by atoms with Gasteiger partial charge in [-0.3, -0.25) is 0 Å². The summed E-state index contributed by atoms with van der Waals surface area (Å²) in [4.78, 5) is 11.1. The first-order valence-corrected chi connectivity index (χ1v) is 5.44. The molecule has 15 heavy (non-hydrogen) atoms. The molecule has 0 spiro atoms. The van der Waals surface area contributed by atoms with Gasteiger partial charge in [-0.15, -0.1) is 11.6 Å². The molecule has 0 amide bonds. The zero-order chi connectivity index (χ0) is 12.3. The fraction of sp³-hybridized carbons (Fsp3) is 0.900. The van der Waals surface area contributed by atoms with Gasteiger partial charge in [-0.1, -0.05) is 0 Å². The van der Waals surface area contributed by atoms with E-state index in [-0.39, 0.29) is 19.4 Å². The summed E-state index contributed by atoms with van der Waals surface area (Å²) in [6.07, 6.45) is -0.286. The molecule has 1 fully saturated rings. The molecule has 0 radical (unpaired) electrons. The largest absolute Gasteiger partial charge is 0.462 e. The number of carbonyl (C=O) groups excluding carboxylic acids is 1. The number of rotatable bonds is 3. The maximum absolute atomic E-state index is 13.6. The van der Waals surface area contributed by atoms with Crippen molar-refractivity contribution in [1.29, 1.82) is 0 Å². The number of esters is 1. The Morgan fingerprint density at radius 2 is 2.27 bits per heavy atom. The molecule has 3 unspecified atom stereocenters. The molecule has 5 heteroatoms. The van der Waals surface area contributed by atoms with E-state index in [2.05, 4.69) is 4.74 Å². The molecular weight excluding hydrogens is 226 g/mol. The highest BCUT2D eigenvalue weighted by molar-refractivity contribution is 6.20. The summed E-state index contributed by atoms with van der Waals surface area (Å²) in [5, 5.41) is -0.394. The van der Waals surface area contributed by atoms with Crippen molar-refractivity contribution in [1.82, 2.24) is 0 Å². The molecule has 2 nitrogen and oxygen atoms in total. The van der Waals surface area contributed by atoms with Crippen LogP contribution in [0, 0.1) is 5.92 Å². The predicted molar refractivity (Wildman–Crippen MR) is 53.2 cm³/mol. The zero-order valence-electron chi connectivity index (χ0n) is 9.51. The Labute approximate surface area is 94.3 Å². The highest BCUT2D eigenvalue weighted by Gasteiger charge is 2.49. The average molecular weight is 242 g/mol. The summed E-state index contributed by atoms with van der Waals surface area (Å²) in [6.45, 7) is 1.42. The molecule has 1 aliphatic carbocycles. The Morgan fingerprint density at radius 3 is 2.80 bits per heavy atom. The van der Waals surface area contributed by atoms with Crippen LogP contribution < -0.4 is 0 Å². The van der Waals surface area contributed by atoms with E-state index < -0.39 is 29.6 Å². The average Bonchev–Trinajstić information content (AvgIpc) is 2.22. The maximum atomic E-state index is 13.6. The molecule has 3 atom stereocenters. The summed E-state index contributed by atoms with van der Waals surface area (Å²) in [5.41, 5.74) is 0. The second-order valence-corrected chi connectivity index (χ2v) is 4.17. The van der Waals surface area contributed by atoms with Crippen LogP contribution in [0.3, 0.4) is 0 Å². The van der Waals surface area contributed by atoms with Crippen molar-refractivity contribution >= 4 is 17.6 Å². The lowest BCUT2D eigenvalue weighted by molar-refractivity contribution is -0.181. The number of hydrogen-bond donors (Lipinski definition) is 0. The molecule has 0 bridgehead atoms. The van der Waals surface area contributed by atoms with Crippen molar-refractivity contribution < 1.29 is 19.7 Å². The Morgan fingerprint density at radius 1 is 1.60 bits per heavy atom. The first-order valence-electron chi connectivity index (χ1n) is 5.58. The number of hydrogen-bond acceptors (Lipinski definition) is 2. The lowest BCUT2D eigenvalue weighted by Gasteiger charge is -2.29. The van der Waals surface area contributed by atoms with Crippen LogP contribution >= 0.6 is 11.6 Å². The maximum Gasteiger partial charge on any atom is 0.377 e. The molecule has 0 aliphatic heterocycles. The summed E-state index contributed by atoms with van der Waals surface area (Å²) in [6, 6.07) is 0. The van der Waals surface area contributed by atoms with Gasteiger partial charge in [0.25, 0.3) is 0 Å². The van der Waals surface area contributed by atoms with E-state index in [4.69, 9.17) is 13.0 Å². The predicted octanol–water partition coefficient (Wildman–Crippen LogP) is 2.98. The van der Waals surface area contributed by atoms with Gasteiger partial charge in [0, 0.05) is 12.7 Å². The van der Waals surface area contributed by atoms with E-state index in [1.807, 2.05) is 0 Å². The number of alkyl halides is 3. The van der Waals surface area contributed by atoms with Crippen molar-refractivity contribution in [2.45, 2.75) is 43.9 Å². The number of ether oxygens (including phenoxy) is 1. The van der Waals surface area contributed by atoms with E-state index in [0.717, 1.165) is 0 Å². The molecule has 0 N–H and O–H groups in total. The molecule has 1 rings (SSSR count). The van der Waals surface area contributed by atoms with Gasteiger partial charge >= 0.3 is 11.9 Å². The van der Waals surface area contributed by atoms with Crippen molar-refractivity contribution in [2.24, 2.45) is 5.92 Å². The second-order valence-electron chi connectivity index (χ2n) is 3.61. The van der Waals surface area contributed by atoms with Crippen LogP contribution in [0.2, 0.25) is 0 Å². The Bertz CT molecular complexity index is 263. The lowest BCUT2D eigenvalue weighted by Crippen LogP contribution is -2.40. The lowest BCUT2D eigenvalue weighted by atomic mass is 9.84. The van der Waals surface area contributed by atoms with E-state index >= 15 is 0 Å². The SMILES string of the molecule is [2H]C1CC(C(F)(F)C(=O)OCC)CCC1Cl. The van der Waals surface area contributed by atoms with Gasteiger partial charge in [0.1, 0.15) is 0 Å². The normalized spacial score (nSPS) is 33.3. The third kappa shape index (κ3) is 3.03. The highest BCUT2D eigenvalue weighted by atomic mass is 35.5. The van der Waals surface area contributed by atoms with Crippen LogP contribution in [0.25, 0.3) is 0 Å². The summed E-state index contributed by atoms with van der Waals surface area (Å²) in [5.74, 6) is -6.10. The molecule has 0 heterocycles. The molecule has 0 aromatic heterocycles. The number of carbonyl (C=O) groups is 1. The second kappa shape index (κ2) is 5.10. The highest BCUT2D eigenvalue weighted by Crippen LogP contribution is 2.38. The zero-order valence-corrected chi connectivity index (χ0v) is 9.27. The van der Waals surface area contributed by atoms with Crippen LogP contribution in [-0.2, 0) is 9.53 Å². The summed E-state index contributed by atoms with van der Waals surface area (Å²) in [7, 11) is 0. The molecule has 1 saturated carbocycles. The number of halogens is 3. The van der Waals surface area contributed by atoms with Gasteiger partial charge in [0.15, 0.2) is 0 Å². The monoisotopic (exact) mass is 241 g/mol. The molecule has 0 aromatic rings. The van der Waals surface area contributed by atoms with Crippen molar-refractivity contribution in [3.8, 4) is 0 Å². The Balaban J connectivity index is 2.65. The third-order valence-corrected chi connectivity index (χ3v) is 2.92. The smallest absolute Gasteiger partial charge is 0.377 e. The minimum absolute atomic E-state index is 0.0556. The van der Waals surface area contributed by atoms with Crippen LogP contribution in [-0.4, -0.2) is 23.9 Å². The van der Waals surface area contributed by atoms with Gasteiger partial charge in [-0.25, -0.2) is 4.79 Å². The van der Waals surface area contributed by atoms with Gasteiger partial charge in [-0.2, -0.15) is 8.78 Å². The van der Waals surface area contributed by atoms with Crippen molar-refractivity contribution in [2.75, 3.05) is 6.61 Å². The molecule has 0 saturated heterocycles. The topological polar surface area (TPSA) is 26.3 Å². The van der Waals surface area contributed by atoms with Crippen molar-refractivity contribution in [3.05, 3.63) is 0 Å². The molecule has 0 aromatic carbocycles. The van der Waals surface area contributed by atoms with E-state index in [1.54, 1.807) is 0 Å². The molecule has 1 aliphatic rings. The van der Waals surface area contributed by atoms with Gasteiger partial charge < -0.3 is 4.74 Å². The van der Waals surface area contributed by atoms with Crippen LogP contribution in [0.5, 0.6) is 0 Å². The van der Waals surface area contributed by atoms with Crippen LogP contribution in [0.1, 0.15) is 34.0 Å². The van der Waals surface area contributed by atoms with E-state index in [0.29, 0.717) is 6.42 Å². The Kier molecular flexibility index (Phi) is 3.78. The van der Waals surface area contributed by atoms with Gasteiger partial charge in [-0.05, 0) is 32.6 Å². The standard InChI is InChI=1S/C10H15ClF2O2/c1-2-15-9(14)10(12,13)7-3-5-8(11)6-4-7/h7-8H,2-6H2,1H3/i5D. The van der Waals surface area contributed by atoms with E-state index in [9.17, 15) is 13.6 Å². The third-order valence-electron chi connectivity index (χ3n) is 2.53. The minimum atomic E-state index is -3.49. The van der Waals surface area contributed by atoms with Crippen LogP contribution in [0.15, 0.2) is 0 Å². The quantitative estimate of drug-likeness (QED) is 0.561. The van der Waals surface area contributed by atoms with Gasteiger partial charge in [0.2, 0.25) is 0 Å². The van der Waals surface area contributed by atoms with Crippen molar-refractivity contribution in [3.63, 3.8) is 0 Å². The minimum Gasteiger partial charge on any atom is -0.462 e. The van der Waals surface area contributed by atoms with Crippen LogP contribution in [0.4, 0.5) is 8.78 Å². The molecular formula is C10H15ClF2O2. The fourth-order valence-corrected chi connectivity index (χ4v) is 1.86. The van der Waals surface area contributed by atoms with E-state index in [1.165, 1.54) is 6.92 Å². The first kappa shape index (κ1) is 11.1. The first-order chi connectivity index (χ1) is 7.39. The molecule has 88 valence electrons. The summed E-state index contributed by atoms with van der Waals surface area (Å²) >= 11 is 5.77. The van der Waals surface area contributed by atoms with Gasteiger partial charge in [0.05, 0.1) is 6.61 Å². The summed E-state index contributed by atoms with van der Waals surface area (Å²) < 4.78 is 39.0. The fourth-order valence-electron chi connectivity index (χ4n) is 1.63. The Hall–Kier alpha value is -0.380.